The second kappa shape index (κ2) is 9.10. The summed E-state index contributed by atoms with van der Waals surface area (Å²) in [5.74, 6) is -0.392. The van der Waals surface area contributed by atoms with Gasteiger partial charge in [-0.05, 0) is 51.1 Å². The van der Waals surface area contributed by atoms with Gasteiger partial charge in [0.1, 0.15) is 5.75 Å². The number of ether oxygens (including phenoxy) is 2. The molecule has 150 valence electrons. The lowest BCUT2D eigenvalue weighted by Crippen LogP contribution is -2.21. The van der Waals surface area contributed by atoms with Crippen LogP contribution in [-0.4, -0.2) is 29.7 Å². The summed E-state index contributed by atoms with van der Waals surface area (Å²) < 4.78 is 12.7. The third-order valence-electron chi connectivity index (χ3n) is 4.46. The van der Waals surface area contributed by atoms with Crippen molar-refractivity contribution in [2.75, 3.05) is 18.5 Å². The Morgan fingerprint density at radius 3 is 2.41 bits per heavy atom. The standard InChI is InChI=1S/C23H24N2O4/c1-4-28-21-13-9-8-12-20(21)24-22(26)15-29-23(27)19-14-16(2)25(17(19)3)18-10-6-5-7-11-18/h5-14H,4,15H2,1-3H3,(H,24,26). The molecule has 0 unspecified atom stereocenters. The number of benzene rings is 2. The molecule has 0 saturated heterocycles. The van der Waals surface area contributed by atoms with Gasteiger partial charge in [-0.25, -0.2) is 4.79 Å². The van der Waals surface area contributed by atoms with E-state index in [4.69, 9.17) is 9.47 Å². The number of hydrogen-bond donors (Lipinski definition) is 1. The third kappa shape index (κ3) is 4.66. The van der Waals surface area contributed by atoms with Crippen LogP contribution in [0.2, 0.25) is 0 Å². The lowest BCUT2D eigenvalue weighted by molar-refractivity contribution is -0.119. The van der Waals surface area contributed by atoms with Gasteiger partial charge in [-0.1, -0.05) is 30.3 Å². The molecule has 0 radical (unpaired) electrons. The fourth-order valence-corrected chi connectivity index (χ4v) is 3.19. The highest BCUT2D eigenvalue weighted by molar-refractivity contribution is 5.97. The van der Waals surface area contributed by atoms with Crippen LogP contribution in [0.25, 0.3) is 5.69 Å². The Hall–Kier alpha value is -3.54. The number of carbonyl (C=O) groups excluding carboxylic acids is 2. The van der Waals surface area contributed by atoms with Crippen molar-refractivity contribution in [1.29, 1.82) is 0 Å². The van der Waals surface area contributed by atoms with Gasteiger partial charge in [-0.15, -0.1) is 0 Å². The summed E-state index contributed by atoms with van der Waals surface area (Å²) in [7, 11) is 0. The van der Waals surface area contributed by atoms with Gasteiger partial charge in [0.15, 0.2) is 6.61 Å². The Balaban J connectivity index is 1.67. The van der Waals surface area contributed by atoms with E-state index in [2.05, 4.69) is 5.32 Å². The molecule has 1 heterocycles. The van der Waals surface area contributed by atoms with Crippen LogP contribution in [0.4, 0.5) is 5.69 Å². The first-order valence-corrected chi connectivity index (χ1v) is 9.44. The molecule has 1 amide bonds. The fraction of sp³-hybridized carbons (Fsp3) is 0.217. The average molecular weight is 392 g/mol. The quantitative estimate of drug-likeness (QED) is 0.609. The Bertz CT molecular complexity index is 1010. The zero-order valence-corrected chi connectivity index (χ0v) is 16.8. The number of carbonyl (C=O) groups is 2. The predicted octanol–water partition coefficient (Wildman–Crippen LogP) is 4.29. The van der Waals surface area contributed by atoms with Crippen molar-refractivity contribution in [3.8, 4) is 11.4 Å². The van der Waals surface area contributed by atoms with Gasteiger partial charge in [0.25, 0.3) is 5.91 Å². The molecule has 29 heavy (non-hydrogen) atoms. The van der Waals surface area contributed by atoms with E-state index >= 15 is 0 Å². The van der Waals surface area contributed by atoms with Crippen LogP contribution in [0, 0.1) is 13.8 Å². The maximum atomic E-state index is 12.5. The number of rotatable bonds is 7. The normalized spacial score (nSPS) is 10.4. The van der Waals surface area contributed by atoms with Crippen LogP contribution in [0.3, 0.4) is 0 Å². The number of anilines is 1. The molecule has 6 heteroatoms. The maximum absolute atomic E-state index is 12.5. The molecule has 0 saturated carbocycles. The molecule has 0 aliphatic heterocycles. The van der Waals surface area contributed by atoms with Crippen molar-refractivity contribution in [2.24, 2.45) is 0 Å². The second-order valence-corrected chi connectivity index (χ2v) is 6.51. The SMILES string of the molecule is CCOc1ccccc1NC(=O)COC(=O)c1cc(C)n(-c2ccccc2)c1C. The molecular weight excluding hydrogens is 368 g/mol. The van der Waals surface area contributed by atoms with Crippen molar-refractivity contribution < 1.29 is 19.1 Å². The molecule has 1 aromatic heterocycles. The summed E-state index contributed by atoms with van der Waals surface area (Å²) >= 11 is 0. The van der Waals surface area contributed by atoms with Crippen LogP contribution in [0.5, 0.6) is 5.75 Å². The van der Waals surface area contributed by atoms with Crippen molar-refractivity contribution in [3.63, 3.8) is 0 Å². The van der Waals surface area contributed by atoms with Gasteiger partial charge in [-0.3, -0.25) is 4.79 Å². The Labute approximate surface area is 170 Å². The van der Waals surface area contributed by atoms with Crippen LogP contribution < -0.4 is 10.1 Å². The Morgan fingerprint density at radius 2 is 1.69 bits per heavy atom. The highest BCUT2D eigenvalue weighted by atomic mass is 16.5. The third-order valence-corrected chi connectivity index (χ3v) is 4.46. The van der Waals surface area contributed by atoms with Crippen LogP contribution in [0.15, 0.2) is 60.7 Å². The van der Waals surface area contributed by atoms with Gasteiger partial charge < -0.3 is 19.4 Å². The van der Waals surface area contributed by atoms with E-state index in [1.54, 1.807) is 24.3 Å². The van der Waals surface area contributed by atoms with Crippen LogP contribution in [-0.2, 0) is 9.53 Å². The van der Waals surface area contributed by atoms with Gasteiger partial charge in [0, 0.05) is 17.1 Å². The van der Waals surface area contributed by atoms with E-state index in [0.717, 1.165) is 17.1 Å². The monoisotopic (exact) mass is 392 g/mol. The molecular formula is C23H24N2O4. The number of hydrogen-bond acceptors (Lipinski definition) is 4. The van der Waals surface area contributed by atoms with Crippen molar-refractivity contribution >= 4 is 17.6 Å². The number of nitrogens with zero attached hydrogens (tertiary/aromatic N) is 1. The van der Waals surface area contributed by atoms with Crippen LogP contribution in [0.1, 0.15) is 28.7 Å². The molecule has 3 aromatic rings. The van der Waals surface area contributed by atoms with E-state index in [9.17, 15) is 9.59 Å². The first-order chi connectivity index (χ1) is 14.0. The van der Waals surface area contributed by atoms with Crippen molar-refractivity contribution in [3.05, 3.63) is 77.6 Å². The number of esters is 1. The van der Waals surface area contributed by atoms with Crippen molar-refractivity contribution in [2.45, 2.75) is 20.8 Å². The molecule has 3 rings (SSSR count). The highest BCUT2D eigenvalue weighted by Crippen LogP contribution is 2.24. The number of amides is 1. The molecule has 2 aromatic carbocycles. The van der Waals surface area contributed by atoms with E-state index in [-0.39, 0.29) is 6.61 Å². The number of aryl methyl sites for hydroxylation is 1. The average Bonchev–Trinajstić information content (AvgIpc) is 3.02. The number of nitrogens with one attached hydrogen (secondary N) is 1. The maximum Gasteiger partial charge on any atom is 0.340 e. The lowest BCUT2D eigenvalue weighted by Gasteiger charge is -2.11. The van der Waals surface area contributed by atoms with Crippen molar-refractivity contribution in [1.82, 2.24) is 4.57 Å². The number of para-hydroxylation sites is 3. The summed E-state index contributed by atoms with van der Waals surface area (Å²) in [6, 6.07) is 18.7. The van der Waals surface area contributed by atoms with E-state index < -0.39 is 11.9 Å². The zero-order valence-electron chi connectivity index (χ0n) is 16.8. The Morgan fingerprint density at radius 1 is 1.00 bits per heavy atom. The minimum absolute atomic E-state index is 0.381. The molecule has 0 spiro atoms. The van der Waals surface area contributed by atoms with E-state index in [1.165, 1.54) is 0 Å². The Kier molecular flexibility index (Phi) is 6.34. The smallest absolute Gasteiger partial charge is 0.340 e. The minimum atomic E-state index is -0.534. The fourth-order valence-electron chi connectivity index (χ4n) is 3.19. The topological polar surface area (TPSA) is 69.6 Å². The summed E-state index contributed by atoms with van der Waals surface area (Å²) in [5.41, 5.74) is 3.62. The zero-order chi connectivity index (χ0) is 20.8. The molecule has 0 aliphatic carbocycles. The number of aromatic nitrogens is 1. The van der Waals surface area contributed by atoms with Gasteiger partial charge in [0.05, 0.1) is 17.9 Å². The van der Waals surface area contributed by atoms with Crippen LogP contribution >= 0.6 is 0 Å². The first-order valence-electron chi connectivity index (χ1n) is 9.44. The molecule has 0 atom stereocenters. The lowest BCUT2D eigenvalue weighted by atomic mass is 10.2. The molecule has 0 aliphatic rings. The molecule has 1 N–H and O–H groups in total. The summed E-state index contributed by atoms with van der Waals surface area (Å²) in [6.45, 7) is 5.75. The molecule has 6 nitrogen and oxygen atoms in total. The summed E-state index contributed by atoms with van der Waals surface area (Å²) in [5, 5.41) is 2.71. The van der Waals surface area contributed by atoms with E-state index in [1.807, 2.05) is 61.7 Å². The highest BCUT2D eigenvalue weighted by Gasteiger charge is 2.19. The summed E-state index contributed by atoms with van der Waals surface area (Å²) in [6.07, 6.45) is 0. The predicted molar refractivity (Wildman–Crippen MR) is 112 cm³/mol. The first kappa shape index (κ1) is 20.2. The molecule has 0 fully saturated rings. The van der Waals surface area contributed by atoms with Gasteiger partial charge in [-0.2, -0.15) is 0 Å². The molecule has 0 bridgehead atoms. The second-order valence-electron chi connectivity index (χ2n) is 6.51. The summed E-state index contributed by atoms with van der Waals surface area (Å²) in [4.78, 5) is 24.8. The van der Waals surface area contributed by atoms with Gasteiger partial charge in [0.2, 0.25) is 0 Å². The van der Waals surface area contributed by atoms with E-state index in [0.29, 0.717) is 23.6 Å². The largest absolute Gasteiger partial charge is 0.492 e. The minimum Gasteiger partial charge on any atom is -0.492 e. The van der Waals surface area contributed by atoms with Gasteiger partial charge >= 0.3 is 5.97 Å².